The number of hydrogen-bond donors (Lipinski definition) is 2. The maximum Gasteiger partial charge on any atom is 0.326 e. The van der Waals surface area contributed by atoms with Gasteiger partial charge >= 0.3 is 11.9 Å². The van der Waals surface area contributed by atoms with Crippen molar-refractivity contribution in [1.29, 1.82) is 0 Å². The first kappa shape index (κ1) is 20.7. The van der Waals surface area contributed by atoms with Gasteiger partial charge in [0.25, 0.3) is 5.91 Å². The van der Waals surface area contributed by atoms with Crippen LogP contribution in [0.3, 0.4) is 0 Å². The second-order valence-corrected chi connectivity index (χ2v) is 7.10. The minimum atomic E-state index is -1.34. The van der Waals surface area contributed by atoms with Crippen molar-refractivity contribution in [3.8, 4) is 11.5 Å². The molecule has 1 aromatic rings. The van der Waals surface area contributed by atoms with Crippen molar-refractivity contribution in [3.63, 3.8) is 0 Å². The molecular formula is C17H17NO7S2. The molecule has 1 aromatic carbocycles. The van der Waals surface area contributed by atoms with E-state index in [2.05, 4.69) is 0 Å². The smallest absolute Gasteiger partial charge is 0.326 e. The quantitative estimate of drug-likeness (QED) is 0.491. The number of nitrogens with zero attached hydrogens (tertiary/aromatic N) is 1. The number of carbonyl (C=O) groups is 3. The summed E-state index contributed by atoms with van der Waals surface area (Å²) in [5.41, 5.74) is 0.565. The Bertz CT molecular complexity index is 821. The number of amides is 1. The number of thiocarbonyl (C=S) groups is 1. The first-order valence-corrected chi connectivity index (χ1v) is 8.95. The normalized spacial score (nSPS) is 16.5. The molecule has 1 aliphatic rings. The van der Waals surface area contributed by atoms with Gasteiger partial charge in [0.15, 0.2) is 11.5 Å². The van der Waals surface area contributed by atoms with E-state index in [1.54, 1.807) is 18.2 Å². The summed E-state index contributed by atoms with van der Waals surface area (Å²) in [6, 6.07) is 3.80. The van der Waals surface area contributed by atoms with Crippen LogP contribution in [-0.4, -0.2) is 57.5 Å². The van der Waals surface area contributed by atoms with Crippen LogP contribution in [0, 0.1) is 0 Å². The Kier molecular flexibility index (Phi) is 6.81. The third-order valence-corrected chi connectivity index (χ3v) is 5.10. The molecular weight excluding hydrogens is 394 g/mol. The lowest BCUT2D eigenvalue weighted by molar-refractivity contribution is -0.146. The number of methoxy groups -OCH3 is 2. The molecule has 1 saturated heterocycles. The number of carboxylic acid groups (broad SMARTS) is 2. The Morgan fingerprint density at radius 2 is 2.00 bits per heavy atom. The van der Waals surface area contributed by atoms with E-state index in [0.29, 0.717) is 17.1 Å². The van der Waals surface area contributed by atoms with E-state index >= 15 is 0 Å². The van der Waals surface area contributed by atoms with E-state index in [-0.39, 0.29) is 15.6 Å². The zero-order chi connectivity index (χ0) is 20.1. The minimum absolute atomic E-state index is 0.0610. The molecule has 1 fully saturated rings. The highest BCUT2D eigenvalue weighted by Crippen LogP contribution is 2.38. The summed E-state index contributed by atoms with van der Waals surface area (Å²) in [7, 11) is 2.95. The van der Waals surface area contributed by atoms with Crippen LogP contribution in [0.2, 0.25) is 0 Å². The second kappa shape index (κ2) is 8.87. The van der Waals surface area contributed by atoms with Crippen molar-refractivity contribution in [3.05, 3.63) is 28.7 Å². The van der Waals surface area contributed by atoms with Crippen molar-refractivity contribution < 1.29 is 34.1 Å². The lowest BCUT2D eigenvalue weighted by atomic mass is 10.1. The molecule has 0 bridgehead atoms. The molecule has 2 rings (SSSR count). The fourth-order valence-electron chi connectivity index (χ4n) is 2.54. The molecule has 1 aliphatic heterocycles. The summed E-state index contributed by atoms with van der Waals surface area (Å²) < 4.78 is 10.6. The number of carbonyl (C=O) groups excluding carboxylic acids is 1. The molecule has 0 radical (unpaired) electrons. The van der Waals surface area contributed by atoms with Crippen LogP contribution >= 0.6 is 24.0 Å². The third-order valence-electron chi connectivity index (χ3n) is 3.77. The molecule has 1 heterocycles. The Labute approximate surface area is 164 Å². The molecule has 8 nitrogen and oxygen atoms in total. The molecule has 27 heavy (non-hydrogen) atoms. The van der Waals surface area contributed by atoms with E-state index < -0.39 is 30.3 Å². The van der Waals surface area contributed by atoms with Crippen molar-refractivity contribution >= 4 is 52.2 Å². The van der Waals surface area contributed by atoms with E-state index in [9.17, 15) is 19.5 Å². The van der Waals surface area contributed by atoms with Crippen LogP contribution in [0.25, 0.3) is 6.08 Å². The number of para-hydroxylation sites is 1. The molecule has 10 heteroatoms. The third kappa shape index (κ3) is 4.58. The van der Waals surface area contributed by atoms with Gasteiger partial charge in [-0.1, -0.05) is 36.1 Å². The van der Waals surface area contributed by atoms with Gasteiger partial charge in [0.05, 0.1) is 19.1 Å². The Morgan fingerprint density at radius 3 is 2.56 bits per heavy atom. The highest BCUT2D eigenvalue weighted by molar-refractivity contribution is 8.26. The maximum atomic E-state index is 12.7. The highest BCUT2D eigenvalue weighted by atomic mass is 32.2. The van der Waals surface area contributed by atoms with Crippen LogP contribution in [0.15, 0.2) is 23.1 Å². The molecule has 144 valence electrons. The topological polar surface area (TPSA) is 113 Å². The van der Waals surface area contributed by atoms with E-state index in [4.69, 9.17) is 26.8 Å². The Hall–Kier alpha value is -2.59. The van der Waals surface area contributed by atoms with Crippen LogP contribution in [0.5, 0.6) is 11.5 Å². The molecule has 1 atom stereocenters. The van der Waals surface area contributed by atoms with Crippen molar-refractivity contribution in [2.75, 3.05) is 14.2 Å². The number of ether oxygens (including phenoxy) is 2. The number of benzene rings is 1. The highest BCUT2D eigenvalue weighted by Gasteiger charge is 2.40. The fourth-order valence-corrected chi connectivity index (χ4v) is 3.89. The van der Waals surface area contributed by atoms with Crippen LogP contribution < -0.4 is 9.47 Å². The number of hydrogen-bond acceptors (Lipinski definition) is 7. The van der Waals surface area contributed by atoms with Crippen LogP contribution in [0.1, 0.15) is 18.4 Å². The largest absolute Gasteiger partial charge is 0.493 e. The summed E-state index contributed by atoms with van der Waals surface area (Å²) >= 11 is 6.11. The molecule has 0 saturated carbocycles. The monoisotopic (exact) mass is 411 g/mol. The standard InChI is InChI=1S/C17H17NO7S2/c1-24-11-5-3-4-9(14(11)25-2)8-12-15(21)18(17(26)27-12)10(16(22)23)6-7-13(19)20/h3-5,8,10H,6-7H2,1-2H3,(H,19,20)(H,22,23)/b12-8-/t10-/m1/s1. The van der Waals surface area contributed by atoms with Gasteiger partial charge < -0.3 is 19.7 Å². The summed E-state index contributed by atoms with van der Waals surface area (Å²) in [5.74, 6) is -2.15. The predicted molar refractivity (Wildman–Crippen MR) is 103 cm³/mol. The molecule has 0 aromatic heterocycles. The number of carboxylic acids is 2. The molecule has 2 N–H and O–H groups in total. The van der Waals surface area contributed by atoms with Gasteiger partial charge in [0, 0.05) is 12.0 Å². The Morgan fingerprint density at radius 1 is 1.30 bits per heavy atom. The van der Waals surface area contributed by atoms with Gasteiger partial charge in [-0.2, -0.15) is 0 Å². The SMILES string of the molecule is COc1cccc(/C=C2\SC(=S)N([C@H](CCC(=O)O)C(=O)O)C2=O)c1OC. The molecule has 0 aliphatic carbocycles. The van der Waals surface area contributed by atoms with Crippen molar-refractivity contribution in [2.45, 2.75) is 18.9 Å². The summed E-state index contributed by atoms with van der Waals surface area (Å²) in [4.78, 5) is 36.2. The van der Waals surface area contributed by atoms with Crippen molar-refractivity contribution in [2.24, 2.45) is 0 Å². The van der Waals surface area contributed by atoms with Gasteiger partial charge in [0.1, 0.15) is 10.4 Å². The Balaban J connectivity index is 2.36. The fraction of sp³-hybridized carbons (Fsp3) is 0.294. The second-order valence-electron chi connectivity index (χ2n) is 5.42. The van der Waals surface area contributed by atoms with Crippen LogP contribution in [-0.2, 0) is 14.4 Å². The first-order chi connectivity index (χ1) is 12.8. The molecule has 1 amide bonds. The maximum absolute atomic E-state index is 12.7. The van der Waals surface area contributed by atoms with Gasteiger partial charge in [0.2, 0.25) is 0 Å². The van der Waals surface area contributed by atoms with Crippen molar-refractivity contribution in [1.82, 2.24) is 4.90 Å². The molecule has 0 spiro atoms. The predicted octanol–water partition coefficient (Wildman–Crippen LogP) is 2.22. The number of aliphatic carboxylic acids is 2. The zero-order valence-electron chi connectivity index (χ0n) is 14.5. The molecule has 0 unspecified atom stereocenters. The van der Waals surface area contributed by atoms with E-state index in [1.807, 2.05) is 0 Å². The lowest BCUT2D eigenvalue weighted by Gasteiger charge is -2.22. The van der Waals surface area contributed by atoms with Crippen LogP contribution in [0.4, 0.5) is 0 Å². The minimum Gasteiger partial charge on any atom is -0.493 e. The van der Waals surface area contributed by atoms with Gasteiger partial charge in [-0.05, 0) is 18.6 Å². The lowest BCUT2D eigenvalue weighted by Crippen LogP contribution is -2.44. The van der Waals surface area contributed by atoms with Gasteiger partial charge in [-0.3, -0.25) is 14.5 Å². The van der Waals surface area contributed by atoms with Gasteiger partial charge in [-0.15, -0.1) is 0 Å². The number of rotatable bonds is 8. The average Bonchev–Trinajstić information content (AvgIpc) is 2.88. The first-order valence-electron chi connectivity index (χ1n) is 7.72. The summed E-state index contributed by atoms with van der Waals surface area (Å²) in [5, 5.41) is 18.2. The summed E-state index contributed by atoms with van der Waals surface area (Å²) in [6.45, 7) is 0. The van der Waals surface area contributed by atoms with E-state index in [0.717, 1.165) is 16.7 Å². The number of thioether (sulfide) groups is 1. The zero-order valence-corrected chi connectivity index (χ0v) is 16.1. The van der Waals surface area contributed by atoms with Gasteiger partial charge in [-0.25, -0.2) is 4.79 Å². The van der Waals surface area contributed by atoms with E-state index in [1.165, 1.54) is 20.3 Å². The average molecular weight is 411 g/mol. The summed E-state index contributed by atoms with van der Waals surface area (Å²) in [6.07, 6.45) is 0.903.